The highest BCUT2D eigenvalue weighted by molar-refractivity contribution is 9.10. The molecule has 0 aliphatic rings. The average molecular weight is 481 g/mol. The number of primary amides is 1. The summed E-state index contributed by atoms with van der Waals surface area (Å²) < 4.78 is 6.55. The van der Waals surface area contributed by atoms with Gasteiger partial charge in [0.15, 0.2) is 6.61 Å². The number of hydrogen-bond acceptors (Lipinski definition) is 3. The molecule has 3 rings (SSSR count). The van der Waals surface area contributed by atoms with Gasteiger partial charge in [0.25, 0.3) is 5.91 Å². The van der Waals surface area contributed by atoms with Crippen molar-refractivity contribution < 1.29 is 14.3 Å². The van der Waals surface area contributed by atoms with Crippen molar-refractivity contribution in [3.63, 3.8) is 0 Å². The molecule has 2 N–H and O–H groups in total. The summed E-state index contributed by atoms with van der Waals surface area (Å²) in [4.78, 5) is 25.6. The molecule has 6 heteroatoms. The van der Waals surface area contributed by atoms with Gasteiger partial charge >= 0.3 is 0 Å². The quantitative estimate of drug-likeness (QED) is 0.466. The van der Waals surface area contributed by atoms with Gasteiger partial charge in [0.2, 0.25) is 5.91 Å². The van der Waals surface area contributed by atoms with Gasteiger partial charge in [-0.1, -0.05) is 66.7 Å². The van der Waals surface area contributed by atoms with Gasteiger partial charge in [-0.2, -0.15) is 0 Å². The van der Waals surface area contributed by atoms with Gasteiger partial charge in [-0.3, -0.25) is 9.59 Å². The highest BCUT2D eigenvalue weighted by Gasteiger charge is 2.16. The maximum Gasteiger partial charge on any atom is 0.260 e. The third-order valence-corrected chi connectivity index (χ3v) is 5.50. The van der Waals surface area contributed by atoms with E-state index in [2.05, 4.69) is 15.9 Å². The van der Waals surface area contributed by atoms with Crippen molar-refractivity contribution in [1.29, 1.82) is 0 Å². The lowest BCUT2D eigenvalue weighted by Gasteiger charge is -2.22. The third kappa shape index (κ3) is 6.96. The summed E-state index contributed by atoms with van der Waals surface area (Å²) in [6.45, 7) is 0.656. The Morgan fingerprint density at radius 1 is 0.871 bits per heavy atom. The second-order valence-corrected chi connectivity index (χ2v) is 7.99. The minimum Gasteiger partial charge on any atom is -0.483 e. The number of nitrogens with two attached hydrogens (primary N) is 1. The molecule has 0 atom stereocenters. The summed E-state index contributed by atoms with van der Waals surface area (Å²) in [5, 5.41) is 0. The van der Waals surface area contributed by atoms with E-state index in [-0.39, 0.29) is 25.5 Å². The van der Waals surface area contributed by atoms with Crippen molar-refractivity contribution in [2.75, 3.05) is 19.7 Å². The maximum absolute atomic E-state index is 12.8. The van der Waals surface area contributed by atoms with Gasteiger partial charge in [0.1, 0.15) is 5.75 Å². The van der Waals surface area contributed by atoms with Crippen LogP contribution in [0.15, 0.2) is 83.3 Å². The lowest BCUT2D eigenvalue weighted by Crippen LogP contribution is -2.38. The predicted octanol–water partition coefficient (Wildman–Crippen LogP) is 4.44. The smallest absolute Gasteiger partial charge is 0.260 e. The molecule has 0 aliphatic carbocycles. The van der Waals surface area contributed by atoms with Crippen molar-refractivity contribution in [3.05, 3.63) is 88.9 Å². The zero-order valence-electron chi connectivity index (χ0n) is 17.2. The normalized spacial score (nSPS) is 10.5. The van der Waals surface area contributed by atoms with E-state index in [0.717, 1.165) is 21.2 Å². The second kappa shape index (κ2) is 11.3. The standard InChI is InChI=1S/C25H25BrN2O3/c26-22-17-21(20-9-5-2-6-10-20)11-12-23(22)31-18-25(30)28(16-14-24(27)29)15-13-19-7-3-1-4-8-19/h1-12,17H,13-16,18H2,(H2,27,29). The molecule has 0 spiro atoms. The Morgan fingerprint density at radius 2 is 1.55 bits per heavy atom. The number of ether oxygens (including phenoxy) is 1. The van der Waals surface area contributed by atoms with Crippen LogP contribution in [0.3, 0.4) is 0 Å². The van der Waals surface area contributed by atoms with E-state index >= 15 is 0 Å². The Kier molecular flexibility index (Phi) is 8.24. The first-order chi connectivity index (χ1) is 15.0. The van der Waals surface area contributed by atoms with Gasteiger partial charge < -0.3 is 15.4 Å². The molecule has 3 aromatic carbocycles. The molecule has 0 aromatic heterocycles. The summed E-state index contributed by atoms with van der Waals surface area (Å²) in [6.07, 6.45) is 0.816. The molecular formula is C25H25BrN2O3. The Hall–Kier alpha value is -3.12. The molecule has 160 valence electrons. The van der Waals surface area contributed by atoms with Crippen LogP contribution in [0.25, 0.3) is 11.1 Å². The highest BCUT2D eigenvalue weighted by Crippen LogP contribution is 2.30. The number of carbonyl (C=O) groups excluding carboxylic acids is 2. The summed E-state index contributed by atoms with van der Waals surface area (Å²) in [5.74, 6) is -0.0279. The van der Waals surface area contributed by atoms with Crippen LogP contribution in [0, 0.1) is 0 Å². The van der Waals surface area contributed by atoms with Crippen LogP contribution < -0.4 is 10.5 Å². The van der Waals surface area contributed by atoms with Crippen LogP contribution in [0.1, 0.15) is 12.0 Å². The molecule has 0 saturated heterocycles. The zero-order valence-corrected chi connectivity index (χ0v) is 18.8. The van der Waals surface area contributed by atoms with Gasteiger partial charge in [-0.25, -0.2) is 0 Å². The average Bonchev–Trinajstić information content (AvgIpc) is 2.79. The summed E-state index contributed by atoms with van der Waals surface area (Å²) >= 11 is 3.53. The minimum absolute atomic E-state index is 0.114. The Labute approximate surface area is 191 Å². The monoisotopic (exact) mass is 480 g/mol. The molecule has 31 heavy (non-hydrogen) atoms. The molecule has 0 saturated carbocycles. The fourth-order valence-corrected chi connectivity index (χ4v) is 3.67. The molecule has 0 heterocycles. The first kappa shape index (κ1) is 22.6. The Balaban J connectivity index is 1.61. The molecular weight excluding hydrogens is 456 g/mol. The lowest BCUT2D eigenvalue weighted by atomic mass is 10.1. The minimum atomic E-state index is -0.433. The van der Waals surface area contributed by atoms with Crippen LogP contribution in [0.2, 0.25) is 0 Å². The Bertz CT molecular complexity index is 1010. The predicted molar refractivity (Wildman–Crippen MR) is 126 cm³/mol. The zero-order chi connectivity index (χ0) is 22.1. The van der Waals surface area contributed by atoms with Crippen LogP contribution in [-0.4, -0.2) is 36.4 Å². The van der Waals surface area contributed by atoms with Crippen LogP contribution in [0.4, 0.5) is 0 Å². The van der Waals surface area contributed by atoms with Gasteiger partial charge in [0, 0.05) is 19.5 Å². The fourth-order valence-electron chi connectivity index (χ4n) is 3.17. The van der Waals surface area contributed by atoms with E-state index < -0.39 is 5.91 Å². The lowest BCUT2D eigenvalue weighted by molar-refractivity contribution is -0.133. The molecule has 2 amide bonds. The molecule has 0 fully saturated rings. The van der Waals surface area contributed by atoms with Crippen molar-refractivity contribution in [3.8, 4) is 16.9 Å². The second-order valence-electron chi connectivity index (χ2n) is 7.13. The third-order valence-electron chi connectivity index (χ3n) is 4.88. The van der Waals surface area contributed by atoms with Crippen LogP contribution in [-0.2, 0) is 16.0 Å². The van der Waals surface area contributed by atoms with Crippen molar-refractivity contribution >= 4 is 27.7 Å². The van der Waals surface area contributed by atoms with Gasteiger partial charge in [-0.15, -0.1) is 0 Å². The van der Waals surface area contributed by atoms with E-state index in [0.29, 0.717) is 18.7 Å². The number of carbonyl (C=O) groups is 2. The van der Waals surface area contributed by atoms with E-state index in [4.69, 9.17) is 10.5 Å². The van der Waals surface area contributed by atoms with Crippen molar-refractivity contribution in [1.82, 2.24) is 4.90 Å². The summed E-state index contributed by atoms with van der Waals surface area (Å²) in [7, 11) is 0. The van der Waals surface area contributed by atoms with E-state index in [1.807, 2.05) is 78.9 Å². The first-order valence-electron chi connectivity index (χ1n) is 10.1. The first-order valence-corrected chi connectivity index (χ1v) is 10.9. The molecule has 0 bridgehead atoms. The molecule has 5 nitrogen and oxygen atoms in total. The van der Waals surface area contributed by atoms with Gasteiger partial charge in [-0.05, 0) is 51.2 Å². The maximum atomic E-state index is 12.8. The number of nitrogens with zero attached hydrogens (tertiary/aromatic N) is 1. The van der Waals surface area contributed by atoms with Gasteiger partial charge in [0.05, 0.1) is 4.47 Å². The largest absolute Gasteiger partial charge is 0.483 e. The topological polar surface area (TPSA) is 72.6 Å². The number of rotatable bonds is 10. The van der Waals surface area contributed by atoms with Crippen molar-refractivity contribution in [2.24, 2.45) is 5.73 Å². The summed E-state index contributed by atoms with van der Waals surface area (Å²) in [5.41, 5.74) is 8.56. The summed E-state index contributed by atoms with van der Waals surface area (Å²) in [6, 6.07) is 25.7. The number of halogens is 1. The number of hydrogen-bond donors (Lipinski definition) is 1. The fraction of sp³-hybridized carbons (Fsp3) is 0.200. The van der Waals surface area contributed by atoms with E-state index in [1.54, 1.807) is 4.90 Å². The number of amides is 2. The van der Waals surface area contributed by atoms with Crippen molar-refractivity contribution in [2.45, 2.75) is 12.8 Å². The molecule has 0 radical (unpaired) electrons. The highest BCUT2D eigenvalue weighted by atomic mass is 79.9. The molecule has 0 aliphatic heterocycles. The van der Waals surface area contributed by atoms with E-state index in [1.165, 1.54) is 0 Å². The SMILES string of the molecule is NC(=O)CCN(CCc1ccccc1)C(=O)COc1ccc(-c2ccccc2)cc1Br. The van der Waals surface area contributed by atoms with E-state index in [9.17, 15) is 9.59 Å². The molecule has 0 unspecified atom stereocenters. The Morgan fingerprint density at radius 3 is 2.19 bits per heavy atom. The van der Waals surface area contributed by atoms with Crippen LogP contribution in [0.5, 0.6) is 5.75 Å². The molecule has 3 aromatic rings. The number of benzene rings is 3. The van der Waals surface area contributed by atoms with Crippen LogP contribution >= 0.6 is 15.9 Å².